The molecule has 0 atom stereocenters. The first-order chi connectivity index (χ1) is 8.36. The number of hydrogen-bond donors (Lipinski definition) is 1. The van der Waals surface area contributed by atoms with Gasteiger partial charge in [0.1, 0.15) is 5.71 Å². The largest absolute Gasteiger partial charge is 0.342 e. The minimum atomic E-state index is -0.163. The highest BCUT2D eigenvalue weighted by atomic mass is 32.2. The molecule has 0 bridgehead atoms. The first kappa shape index (κ1) is 10.3. The van der Waals surface area contributed by atoms with Gasteiger partial charge in [-0.1, -0.05) is 0 Å². The van der Waals surface area contributed by atoms with Crippen LogP contribution in [0.2, 0.25) is 0 Å². The van der Waals surface area contributed by atoms with Crippen LogP contribution in [0.5, 0.6) is 0 Å². The third-order valence-electron chi connectivity index (χ3n) is 2.60. The normalized spacial score (nSPS) is 19.1. The number of amides is 2. The Morgan fingerprint density at radius 1 is 1.47 bits per heavy atom. The number of thioether (sulfide) groups is 1. The molecule has 86 valence electrons. The molecule has 2 aliphatic heterocycles. The molecule has 0 aliphatic carbocycles. The van der Waals surface area contributed by atoms with Gasteiger partial charge in [-0.2, -0.15) is 5.10 Å². The van der Waals surface area contributed by atoms with E-state index in [2.05, 4.69) is 15.5 Å². The zero-order valence-electron chi connectivity index (χ0n) is 8.96. The second-order valence-electron chi connectivity index (χ2n) is 3.64. The van der Waals surface area contributed by atoms with Gasteiger partial charge in [0.25, 0.3) is 0 Å². The molecule has 0 saturated heterocycles. The Morgan fingerprint density at radius 2 is 2.41 bits per heavy atom. The Hall–Kier alpha value is -1.82. The van der Waals surface area contributed by atoms with Crippen LogP contribution < -0.4 is 5.43 Å². The number of hydrogen-bond acceptors (Lipinski definition) is 4. The van der Waals surface area contributed by atoms with Crippen molar-refractivity contribution in [2.75, 3.05) is 12.3 Å². The summed E-state index contributed by atoms with van der Waals surface area (Å²) in [6, 6.07) is 3.63. The summed E-state index contributed by atoms with van der Waals surface area (Å²) in [7, 11) is 0. The van der Waals surface area contributed by atoms with Crippen LogP contribution in [0, 0.1) is 0 Å². The van der Waals surface area contributed by atoms with E-state index in [1.165, 1.54) is 0 Å². The highest BCUT2D eigenvalue weighted by Gasteiger charge is 2.29. The van der Waals surface area contributed by atoms with Crippen LogP contribution in [0.15, 0.2) is 40.7 Å². The molecule has 0 saturated carbocycles. The Balaban J connectivity index is 2.05. The van der Waals surface area contributed by atoms with Crippen LogP contribution in [0.25, 0.3) is 0 Å². The van der Waals surface area contributed by atoms with E-state index in [0.717, 1.165) is 22.7 Å². The van der Waals surface area contributed by atoms with Crippen molar-refractivity contribution < 1.29 is 4.79 Å². The molecule has 1 aromatic rings. The molecule has 17 heavy (non-hydrogen) atoms. The van der Waals surface area contributed by atoms with Gasteiger partial charge in [-0.15, -0.1) is 11.8 Å². The van der Waals surface area contributed by atoms with Crippen molar-refractivity contribution in [3.8, 4) is 0 Å². The molecule has 3 heterocycles. The second-order valence-corrected chi connectivity index (χ2v) is 4.62. The van der Waals surface area contributed by atoms with Crippen LogP contribution in [0.3, 0.4) is 0 Å². The molecule has 1 aromatic heterocycles. The summed E-state index contributed by atoms with van der Waals surface area (Å²) in [5.41, 5.74) is 5.06. The van der Waals surface area contributed by atoms with Gasteiger partial charge >= 0.3 is 6.03 Å². The van der Waals surface area contributed by atoms with Crippen LogP contribution >= 0.6 is 11.8 Å². The Labute approximate surface area is 103 Å². The van der Waals surface area contributed by atoms with E-state index >= 15 is 0 Å². The van der Waals surface area contributed by atoms with E-state index in [0.29, 0.717) is 6.54 Å². The molecule has 3 rings (SSSR count). The molecule has 0 radical (unpaired) electrons. The summed E-state index contributed by atoms with van der Waals surface area (Å²) in [6.45, 7) is 0.710. The van der Waals surface area contributed by atoms with Crippen molar-refractivity contribution in [2.45, 2.75) is 0 Å². The van der Waals surface area contributed by atoms with Crippen molar-refractivity contribution >= 4 is 23.5 Å². The molecule has 0 fully saturated rings. The van der Waals surface area contributed by atoms with Crippen molar-refractivity contribution in [2.24, 2.45) is 5.10 Å². The van der Waals surface area contributed by atoms with Crippen LogP contribution in [0.4, 0.5) is 4.79 Å². The number of carbonyl (C=O) groups excluding carboxylic acids is 1. The van der Waals surface area contributed by atoms with E-state index in [-0.39, 0.29) is 6.03 Å². The molecule has 6 heteroatoms. The lowest BCUT2D eigenvalue weighted by Crippen LogP contribution is -2.46. The molecular weight excluding hydrogens is 236 g/mol. The van der Waals surface area contributed by atoms with Crippen molar-refractivity contribution in [3.63, 3.8) is 0 Å². The van der Waals surface area contributed by atoms with Crippen LogP contribution in [-0.2, 0) is 0 Å². The first-order valence-corrected chi connectivity index (χ1v) is 6.29. The number of allylic oxidation sites excluding steroid dienone is 1. The molecule has 0 unspecified atom stereocenters. The molecular formula is C11H10N4OS. The number of nitrogens with one attached hydrogen (secondary N) is 1. The van der Waals surface area contributed by atoms with E-state index in [1.54, 1.807) is 29.1 Å². The van der Waals surface area contributed by atoms with Gasteiger partial charge < -0.3 is 0 Å². The summed E-state index contributed by atoms with van der Waals surface area (Å²) in [5, 5.41) is 6.10. The highest BCUT2D eigenvalue weighted by molar-refractivity contribution is 8.02. The maximum atomic E-state index is 11.6. The topological polar surface area (TPSA) is 57.6 Å². The van der Waals surface area contributed by atoms with Gasteiger partial charge in [-0.25, -0.2) is 10.2 Å². The minimum absolute atomic E-state index is 0.163. The lowest BCUT2D eigenvalue weighted by atomic mass is 10.1. The van der Waals surface area contributed by atoms with E-state index in [1.807, 2.05) is 17.5 Å². The van der Waals surface area contributed by atoms with E-state index in [9.17, 15) is 4.79 Å². The van der Waals surface area contributed by atoms with Crippen LogP contribution in [0.1, 0.15) is 5.56 Å². The molecule has 0 spiro atoms. The lowest BCUT2D eigenvalue weighted by Gasteiger charge is -2.31. The summed E-state index contributed by atoms with van der Waals surface area (Å²) in [6.07, 6.45) is 3.46. The number of pyridine rings is 1. The first-order valence-electron chi connectivity index (χ1n) is 5.24. The number of rotatable bonds is 1. The summed E-state index contributed by atoms with van der Waals surface area (Å²) < 4.78 is 0. The van der Waals surface area contributed by atoms with Gasteiger partial charge in [-0.3, -0.25) is 9.88 Å². The summed E-state index contributed by atoms with van der Waals surface area (Å²) in [5.74, 6) is 0.914. The number of hydrazone groups is 1. The standard InChI is InChI=1S/C11H10N4OS/c16-11-14-13-10(8-2-1-3-12-6-8)9-7-17-5-4-15(9)11/h1-3,6-7H,4-5H2,(H,14,16). The summed E-state index contributed by atoms with van der Waals surface area (Å²) in [4.78, 5) is 17.4. The number of urea groups is 1. The van der Waals surface area contributed by atoms with E-state index < -0.39 is 0 Å². The van der Waals surface area contributed by atoms with E-state index in [4.69, 9.17) is 0 Å². The Bertz CT molecular complexity index is 511. The third-order valence-corrected chi connectivity index (χ3v) is 3.41. The SMILES string of the molecule is O=C1NN=C(c2cccnc2)C2=CSCCN12. The maximum Gasteiger partial charge on any atom is 0.342 e. The average Bonchev–Trinajstić information content (AvgIpc) is 2.41. The van der Waals surface area contributed by atoms with Crippen molar-refractivity contribution in [1.29, 1.82) is 0 Å². The van der Waals surface area contributed by atoms with Crippen molar-refractivity contribution in [3.05, 3.63) is 41.2 Å². The Kier molecular flexibility index (Phi) is 2.56. The number of aromatic nitrogens is 1. The fourth-order valence-corrected chi connectivity index (χ4v) is 2.60. The fraction of sp³-hybridized carbons (Fsp3) is 0.182. The Morgan fingerprint density at radius 3 is 3.24 bits per heavy atom. The molecule has 1 N–H and O–H groups in total. The fourth-order valence-electron chi connectivity index (χ4n) is 1.80. The number of fused-ring (bicyclic) bond motifs is 1. The predicted molar refractivity (Wildman–Crippen MR) is 66.6 cm³/mol. The number of nitrogens with zero attached hydrogens (tertiary/aromatic N) is 3. The monoisotopic (exact) mass is 246 g/mol. The molecule has 2 amide bonds. The highest BCUT2D eigenvalue weighted by Crippen LogP contribution is 2.24. The van der Waals surface area contributed by atoms with Gasteiger partial charge in [0, 0.05) is 30.3 Å². The molecule has 2 aliphatic rings. The van der Waals surface area contributed by atoms with Crippen molar-refractivity contribution in [1.82, 2.24) is 15.3 Å². The van der Waals surface area contributed by atoms with Crippen LogP contribution in [-0.4, -0.2) is 33.9 Å². The number of carbonyl (C=O) groups is 1. The molecule has 5 nitrogen and oxygen atoms in total. The predicted octanol–water partition coefficient (Wildman–Crippen LogP) is 1.40. The van der Waals surface area contributed by atoms with Gasteiger partial charge in [0.2, 0.25) is 0 Å². The van der Waals surface area contributed by atoms with Gasteiger partial charge in [0.05, 0.1) is 5.70 Å². The maximum absolute atomic E-state index is 11.6. The third kappa shape index (κ3) is 1.80. The zero-order valence-corrected chi connectivity index (χ0v) is 9.78. The lowest BCUT2D eigenvalue weighted by molar-refractivity contribution is 0.213. The zero-order chi connectivity index (χ0) is 11.7. The van der Waals surface area contributed by atoms with Gasteiger partial charge in [-0.05, 0) is 17.5 Å². The van der Waals surface area contributed by atoms with Gasteiger partial charge in [0.15, 0.2) is 0 Å². The minimum Gasteiger partial charge on any atom is -0.289 e. The quantitative estimate of drug-likeness (QED) is 0.815. The second kappa shape index (κ2) is 4.21. The average molecular weight is 246 g/mol. The smallest absolute Gasteiger partial charge is 0.289 e. The molecule has 0 aromatic carbocycles. The summed E-state index contributed by atoms with van der Waals surface area (Å²) >= 11 is 1.70.